The summed E-state index contributed by atoms with van der Waals surface area (Å²) in [4.78, 5) is 13.1. The van der Waals surface area contributed by atoms with Gasteiger partial charge in [0, 0.05) is 24.3 Å². The molecule has 3 aromatic rings. The minimum Gasteiger partial charge on any atom is -0.322 e. The van der Waals surface area contributed by atoms with Gasteiger partial charge in [0.1, 0.15) is 0 Å². The van der Waals surface area contributed by atoms with Gasteiger partial charge in [-0.1, -0.05) is 18.2 Å². The van der Waals surface area contributed by atoms with Crippen LogP contribution in [0, 0.1) is 20.8 Å². The summed E-state index contributed by atoms with van der Waals surface area (Å²) in [6.07, 6.45) is 1.65. The van der Waals surface area contributed by atoms with Crippen LogP contribution in [0.4, 0.5) is 11.4 Å². The molecule has 0 spiro atoms. The Hall–Kier alpha value is -3.21. The summed E-state index contributed by atoms with van der Waals surface area (Å²) in [6.45, 7) is 6.39. The third-order valence-electron chi connectivity index (χ3n) is 6.22. The van der Waals surface area contributed by atoms with E-state index in [1.807, 2.05) is 26.0 Å². The van der Waals surface area contributed by atoms with E-state index in [1.54, 1.807) is 19.1 Å². The van der Waals surface area contributed by atoms with Crippen LogP contribution in [0.25, 0.3) is 0 Å². The highest BCUT2D eigenvalue weighted by Crippen LogP contribution is 2.25. The molecule has 1 aliphatic heterocycles. The number of sulfonamides is 2. The lowest BCUT2D eigenvalue weighted by Gasteiger charge is -2.17. The van der Waals surface area contributed by atoms with Crippen molar-refractivity contribution in [1.82, 2.24) is 4.31 Å². The summed E-state index contributed by atoms with van der Waals surface area (Å²) in [5, 5.41) is 2.73. The van der Waals surface area contributed by atoms with Crippen LogP contribution in [0.5, 0.6) is 0 Å². The molecule has 0 saturated carbocycles. The first-order valence-electron chi connectivity index (χ1n) is 11.6. The van der Waals surface area contributed by atoms with Gasteiger partial charge in [0.25, 0.3) is 15.9 Å². The van der Waals surface area contributed by atoms with Crippen molar-refractivity contribution >= 4 is 37.3 Å². The second-order valence-corrected chi connectivity index (χ2v) is 12.6. The van der Waals surface area contributed by atoms with Crippen molar-refractivity contribution in [2.24, 2.45) is 0 Å². The summed E-state index contributed by atoms with van der Waals surface area (Å²) >= 11 is 0. The molecule has 0 unspecified atom stereocenters. The Labute approximate surface area is 212 Å². The number of anilines is 2. The molecule has 10 heteroatoms. The van der Waals surface area contributed by atoms with E-state index in [-0.39, 0.29) is 15.4 Å². The second-order valence-electron chi connectivity index (χ2n) is 8.99. The van der Waals surface area contributed by atoms with E-state index in [2.05, 4.69) is 10.0 Å². The van der Waals surface area contributed by atoms with E-state index in [9.17, 15) is 21.6 Å². The Balaban J connectivity index is 1.51. The third-order valence-corrected chi connectivity index (χ3v) is 9.49. The molecule has 1 aliphatic rings. The normalized spacial score (nSPS) is 14.5. The Morgan fingerprint density at radius 1 is 0.778 bits per heavy atom. The van der Waals surface area contributed by atoms with Gasteiger partial charge in [-0.3, -0.25) is 9.52 Å². The van der Waals surface area contributed by atoms with Crippen LogP contribution in [0.1, 0.15) is 39.9 Å². The molecule has 1 amide bonds. The van der Waals surface area contributed by atoms with E-state index in [1.165, 1.54) is 40.7 Å². The third kappa shape index (κ3) is 5.45. The van der Waals surface area contributed by atoms with Gasteiger partial charge in [0.15, 0.2) is 0 Å². The molecular formula is C26H29N3O5S2. The number of carbonyl (C=O) groups excluding carboxylic acids is 1. The first-order chi connectivity index (χ1) is 17.0. The highest BCUT2D eigenvalue weighted by Gasteiger charge is 2.28. The number of nitrogens with one attached hydrogen (secondary N) is 2. The fraction of sp³-hybridized carbons (Fsp3) is 0.269. The highest BCUT2D eigenvalue weighted by molar-refractivity contribution is 7.92. The van der Waals surface area contributed by atoms with Crippen LogP contribution >= 0.6 is 0 Å². The van der Waals surface area contributed by atoms with Crippen LogP contribution < -0.4 is 10.0 Å². The molecule has 190 valence electrons. The standard InChI is InChI=1S/C26H29N3O5S2/c1-18-6-7-20(3)25(16-18)28-35(31,32)22-12-9-21(10-13-22)27-26(30)24-17-23(11-8-19(24)2)36(33,34)29-14-4-5-15-29/h6-13,16-17,28H,4-5,14-15H2,1-3H3,(H,27,30). The molecule has 1 heterocycles. The van der Waals surface area contributed by atoms with Crippen molar-refractivity contribution in [3.63, 3.8) is 0 Å². The number of amides is 1. The molecule has 8 nitrogen and oxygen atoms in total. The number of hydrogen-bond donors (Lipinski definition) is 2. The Morgan fingerprint density at radius 3 is 2.06 bits per heavy atom. The second kappa shape index (κ2) is 10.0. The van der Waals surface area contributed by atoms with Crippen LogP contribution in [-0.2, 0) is 20.0 Å². The Kier molecular flexibility index (Phi) is 7.21. The fourth-order valence-corrected chi connectivity index (χ4v) is 6.71. The zero-order valence-electron chi connectivity index (χ0n) is 20.4. The van der Waals surface area contributed by atoms with Crippen LogP contribution in [0.2, 0.25) is 0 Å². The van der Waals surface area contributed by atoms with Gasteiger partial charge >= 0.3 is 0 Å². The smallest absolute Gasteiger partial charge is 0.261 e. The van der Waals surface area contributed by atoms with Crippen LogP contribution in [0.3, 0.4) is 0 Å². The number of nitrogens with zero attached hydrogens (tertiary/aromatic N) is 1. The lowest BCUT2D eigenvalue weighted by atomic mass is 10.1. The predicted molar refractivity (Wildman–Crippen MR) is 140 cm³/mol. The summed E-state index contributed by atoms with van der Waals surface area (Å²) in [5.41, 5.74) is 3.50. The quantitative estimate of drug-likeness (QED) is 0.471. The zero-order chi connectivity index (χ0) is 26.1. The van der Waals surface area contributed by atoms with E-state index < -0.39 is 26.0 Å². The van der Waals surface area contributed by atoms with E-state index in [0.717, 1.165) is 24.0 Å². The monoisotopic (exact) mass is 527 g/mol. The molecule has 4 rings (SSSR count). The van der Waals surface area contributed by atoms with Crippen LogP contribution in [0.15, 0.2) is 70.5 Å². The summed E-state index contributed by atoms with van der Waals surface area (Å²) in [7, 11) is -7.48. The van der Waals surface area contributed by atoms with E-state index >= 15 is 0 Å². The summed E-state index contributed by atoms with van der Waals surface area (Å²) < 4.78 is 55.6. The molecule has 0 radical (unpaired) electrons. The van der Waals surface area contributed by atoms with Gasteiger partial charge in [0.05, 0.1) is 15.5 Å². The highest BCUT2D eigenvalue weighted by atomic mass is 32.2. The largest absolute Gasteiger partial charge is 0.322 e. The molecule has 0 bridgehead atoms. The number of rotatable bonds is 7. The minimum atomic E-state index is -3.82. The van der Waals surface area contributed by atoms with Crippen molar-refractivity contribution in [2.45, 2.75) is 43.4 Å². The maximum Gasteiger partial charge on any atom is 0.261 e. The van der Waals surface area contributed by atoms with Crippen molar-refractivity contribution in [1.29, 1.82) is 0 Å². The SMILES string of the molecule is Cc1ccc(C)c(NS(=O)(=O)c2ccc(NC(=O)c3cc(S(=O)(=O)N4CCCC4)ccc3C)cc2)c1. The van der Waals surface area contributed by atoms with Gasteiger partial charge in [-0.05, 0) is 92.8 Å². The molecule has 0 aliphatic carbocycles. The molecule has 1 saturated heterocycles. The van der Waals surface area contributed by atoms with Gasteiger partial charge in [-0.25, -0.2) is 16.8 Å². The number of carbonyl (C=O) groups is 1. The number of hydrogen-bond acceptors (Lipinski definition) is 5. The van der Waals surface area contributed by atoms with E-state index in [4.69, 9.17) is 0 Å². The molecule has 2 N–H and O–H groups in total. The maximum absolute atomic E-state index is 13.0. The first-order valence-corrected chi connectivity index (χ1v) is 14.5. The summed E-state index contributed by atoms with van der Waals surface area (Å²) in [5.74, 6) is -0.477. The maximum atomic E-state index is 13.0. The molecule has 1 fully saturated rings. The number of aryl methyl sites for hydroxylation is 3. The van der Waals surface area contributed by atoms with Gasteiger partial charge in [0.2, 0.25) is 10.0 Å². The predicted octanol–water partition coefficient (Wildman–Crippen LogP) is 4.45. The first kappa shape index (κ1) is 25.9. The van der Waals surface area contributed by atoms with Crippen molar-refractivity contribution in [2.75, 3.05) is 23.1 Å². The number of benzene rings is 3. The molecule has 3 aromatic carbocycles. The van der Waals surface area contributed by atoms with Crippen molar-refractivity contribution in [3.8, 4) is 0 Å². The lowest BCUT2D eigenvalue weighted by molar-refractivity contribution is 0.102. The Bertz CT molecular complexity index is 1510. The molecule has 0 aromatic heterocycles. The van der Waals surface area contributed by atoms with Gasteiger partial charge < -0.3 is 5.32 Å². The molecular weight excluding hydrogens is 498 g/mol. The van der Waals surface area contributed by atoms with Gasteiger partial charge in [-0.2, -0.15) is 4.31 Å². The average molecular weight is 528 g/mol. The lowest BCUT2D eigenvalue weighted by Crippen LogP contribution is -2.28. The Morgan fingerprint density at radius 2 is 1.39 bits per heavy atom. The van der Waals surface area contributed by atoms with E-state index in [0.29, 0.717) is 30.0 Å². The van der Waals surface area contributed by atoms with Crippen molar-refractivity contribution in [3.05, 3.63) is 82.9 Å². The van der Waals surface area contributed by atoms with Gasteiger partial charge in [-0.15, -0.1) is 0 Å². The fourth-order valence-electron chi connectivity index (χ4n) is 4.05. The molecule has 36 heavy (non-hydrogen) atoms. The average Bonchev–Trinajstić information content (AvgIpc) is 3.38. The van der Waals surface area contributed by atoms with Crippen LogP contribution in [-0.4, -0.2) is 40.1 Å². The summed E-state index contributed by atoms with van der Waals surface area (Å²) in [6, 6.07) is 15.9. The topological polar surface area (TPSA) is 113 Å². The minimum absolute atomic E-state index is 0.0521. The van der Waals surface area contributed by atoms with Crippen molar-refractivity contribution < 1.29 is 21.6 Å². The molecule has 0 atom stereocenters. The zero-order valence-corrected chi connectivity index (χ0v) is 22.0.